The molecular formula is C20H17ClN4O3. The molecule has 0 bridgehead atoms. The Labute approximate surface area is 166 Å². The summed E-state index contributed by atoms with van der Waals surface area (Å²) in [6.07, 6.45) is 3.69. The van der Waals surface area contributed by atoms with Gasteiger partial charge >= 0.3 is 0 Å². The first-order valence-corrected chi connectivity index (χ1v) is 9.06. The van der Waals surface area contributed by atoms with Crippen molar-refractivity contribution in [1.82, 2.24) is 15.3 Å². The molecule has 2 N–H and O–H groups in total. The molecule has 3 aromatic rings. The maximum Gasteiger partial charge on any atom is 0.254 e. The zero-order valence-corrected chi connectivity index (χ0v) is 15.6. The average molecular weight is 397 g/mol. The topological polar surface area (TPSA) is 85.4 Å². The van der Waals surface area contributed by atoms with Crippen LogP contribution < -0.4 is 20.1 Å². The van der Waals surface area contributed by atoms with E-state index in [-0.39, 0.29) is 12.7 Å². The molecule has 8 heteroatoms. The average Bonchev–Trinajstić information content (AvgIpc) is 3.18. The van der Waals surface area contributed by atoms with Crippen molar-refractivity contribution in [3.05, 3.63) is 71.0 Å². The number of halogens is 1. The maximum atomic E-state index is 12.2. The van der Waals surface area contributed by atoms with Crippen molar-refractivity contribution in [1.29, 1.82) is 0 Å². The minimum atomic E-state index is -0.219. The number of nitrogens with zero attached hydrogens (tertiary/aromatic N) is 2. The van der Waals surface area contributed by atoms with E-state index in [0.29, 0.717) is 41.0 Å². The summed E-state index contributed by atoms with van der Waals surface area (Å²) < 4.78 is 10.6. The van der Waals surface area contributed by atoms with Gasteiger partial charge in [0.15, 0.2) is 11.5 Å². The molecule has 4 rings (SSSR count). The zero-order chi connectivity index (χ0) is 19.3. The van der Waals surface area contributed by atoms with E-state index in [1.54, 1.807) is 0 Å². The molecule has 1 aliphatic rings. The van der Waals surface area contributed by atoms with Gasteiger partial charge in [-0.2, -0.15) is 0 Å². The first-order chi connectivity index (χ1) is 13.7. The monoisotopic (exact) mass is 396 g/mol. The first kappa shape index (κ1) is 18.1. The van der Waals surface area contributed by atoms with Gasteiger partial charge in [-0.1, -0.05) is 23.7 Å². The van der Waals surface area contributed by atoms with Crippen LogP contribution in [0.15, 0.2) is 54.9 Å². The van der Waals surface area contributed by atoms with Gasteiger partial charge in [-0.3, -0.25) is 4.79 Å². The Balaban J connectivity index is 1.31. The molecule has 2 heterocycles. The molecule has 0 atom stereocenters. The van der Waals surface area contributed by atoms with Gasteiger partial charge in [0.05, 0.1) is 5.56 Å². The van der Waals surface area contributed by atoms with E-state index in [0.717, 1.165) is 11.3 Å². The molecular weight excluding hydrogens is 380 g/mol. The van der Waals surface area contributed by atoms with E-state index in [9.17, 15) is 4.79 Å². The molecule has 1 aromatic heterocycles. The third kappa shape index (κ3) is 4.32. The summed E-state index contributed by atoms with van der Waals surface area (Å²) >= 11 is 5.86. The van der Waals surface area contributed by atoms with Crippen LogP contribution in [0, 0.1) is 0 Å². The fourth-order valence-corrected chi connectivity index (χ4v) is 2.81. The minimum absolute atomic E-state index is 0.219. The summed E-state index contributed by atoms with van der Waals surface area (Å²) in [5.41, 5.74) is 2.26. The number of rotatable bonds is 6. The lowest BCUT2D eigenvalue weighted by atomic mass is 10.1. The second-order valence-electron chi connectivity index (χ2n) is 6.12. The van der Waals surface area contributed by atoms with Gasteiger partial charge in [0.25, 0.3) is 5.91 Å². The van der Waals surface area contributed by atoms with E-state index >= 15 is 0 Å². The number of nitrogens with one attached hydrogen (secondary N) is 2. The Bertz CT molecular complexity index is 978. The molecule has 28 heavy (non-hydrogen) atoms. The van der Waals surface area contributed by atoms with Crippen molar-refractivity contribution in [3.8, 4) is 11.5 Å². The Morgan fingerprint density at radius 1 is 1.04 bits per heavy atom. The van der Waals surface area contributed by atoms with E-state index < -0.39 is 0 Å². The first-order valence-electron chi connectivity index (χ1n) is 8.69. The van der Waals surface area contributed by atoms with Gasteiger partial charge in [-0.25, -0.2) is 9.97 Å². The molecule has 0 spiro atoms. The summed E-state index contributed by atoms with van der Waals surface area (Å²) in [6, 6.07) is 13.0. The highest BCUT2D eigenvalue weighted by Crippen LogP contribution is 2.34. The lowest BCUT2D eigenvalue weighted by Crippen LogP contribution is -2.26. The molecule has 1 aliphatic heterocycles. The number of amides is 1. The molecule has 0 fully saturated rings. The predicted octanol–water partition coefficient (Wildman–Crippen LogP) is 3.57. The van der Waals surface area contributed by atoms with E-state index in [2.05, 4.69) is 20.6 Å². The summed E-state index contributed by atoms with van der Waals surface area (Å²) in [4.78, 5) is 20.6. The van der Waals surface area contributed by atoms with Crippen molar-refractivity contribution >= 4 is 29.1 Å². The zero-order valence-electron chi connectivity index (χ0n) is 14.8. The molecule has 0 unspecified atom stereocenters. The van der Waals surface area contributed by atoms with Gasteiger partial charge in [0, 0.05) is 35.7 Å². The van der Waals surface area contributed by atoms with Gasteiger partial charge < -0.3 is 20.1 Å². The molecule has 142 valence electrons. The van der Waals surface area contributed by atoms with Crippen LogP contribution in [0.25, 0.3) is 0 Å². The lowest BCUT2D eigenvalue weighted by Gasteiger charge is -2.07. The smallest absolute Gasteiger partial charge is 0.254 e. The summed E-state index contributed by atoms with van der Waals surface area (Å²) in [5.74, 6) is 1.54. The number of ether oxygens (including phenoxy) is 2. The van der Waals surface area contributed by atoms with Crippen molar-refractivity contribution in [2.75, 3.05) is 18.7 Å². The molecule has 2 aromatic carbocycles. The SMILES string of the molecule is O=C(NCCc1ccc(Cl)cc1)c1cnc(Nc2ccc3c(c2)OCO3)nc1. The summed E-state index contributed by atoms with van der Waals surface area (Å²) in [7, 11) is 0. The number of fused-ring (bicyclic) bond motifs is 1. The summed E-state index contributed by atoms with van der Waals surface area (Å²) in [6.45, 7) is 0.731. The molecule has 7 nitrogen and oxygen atoms in total. The van der Waals surface area contributed by atoms with Crippen LogP contribution in [0.5, 0.6) is 11.5 Å². The van der Waals surface area contributed by atoms with Crippen molar-refractivity contribution in [2.45, 2.75) is 6.42 Å². The number of carbonyl (C=O) groups excluding carboxylic acids is 1. The van der Waals surface area contributed by atoms with Gasteiger partial charge in [-0.15, -0.1) is 0 Å². The van der Waals surface area contributed by atoms with Gasteiger partial charge in [-0.05, 0) is 36.2 Å². The number of benzene rings is 2. The Kier molecular flexibility index (Phi) is 5.25. The van der Waals surface area contributed by atoms with Crippen LogP contribution in [0.1, 0.15) is 15.9 Å². The predicted molar refractivity (Wildman–Crippen MR) is 105 cm³/mol. The molecule has 0 saturated heterocycles. The van der Waals surface area contributed by atoms with E-state index in [4.69, 9.17) is 21.1 Å². The molecule has 0 aliphatic carbocycles. The highest BCUT2D eigenvalue weighted by Gasteiger charge is 2.14. The quantitative estimate of drug-likeness (QED) is 0.662. The largest absolute Gasteiger partial charge is 0.454 e. The van der Waals surface area contributed by atoms with Crippen LogP contribution in [0.2, 0.25) is 5.02 Å². The third-order valence-corrected chi connectivity index (χ3v) is 4.41. The lowest BCUT2D eigenvalue weighted by molar-refractivity contribution is 0.0953. The van der Waals surface area contributed by atoms with Gasteiger partial charge in [0.2, 0.25) is 12.7 Å². The van der Waals surface area contributed by atoms with Crippen molar-refractivity contribution < 1.29 is 14.3 Å². The fraction of sp³-hybridized carbons (Fsp3) is 0.150. The minimum Gasteiger partial charge on any atom is -0.454 e. The molecule has 0 radical (unpaired) electrons. The fourth-order valence-electron chi connectivity index (χ4n) is 2.69. The highest BCUT2D eigenvalue weighted by molar-refractivity contribution is 6.30. The van der Waals surface area contributed by atoms with Gasteiger partial charge in [0.1, 0.15) is 0 Å². The van der Waals surface area contributed by atoms with Crippen LogP contribution in [-0.2, 0) is 6.42 Å². The van der Waals surface area contributed by atoms with Crippen LogP contribution in [0.3, 0.4) is 0 Å². The molecule has 0 saturated carbocycles. The number of anilines is 2. The summed E-state index contributed by atoms with van der Waals surface area (Å²) in [5, 5.41) is 6.62. The Morgan fingerprint density at radius 3 is 2.57 bits per heavy atom. The standard InChI is InChI=1S/C20H17ClN4O3/c21-15-3-1-13(2-4-15)7-8-22-19(26)14-10-23-20(24-11-14)25-16-5-6-17-18(9-16)28-12-27-17/h1-6,9-11H,7-8,12H2,(H,22,26)(H,23,24,25). The van der Waals surface area contributed by atoms with Crippen LogP contribution in [-0.4, -0.2) is 29.2 Å². The Morgan fingerprint density at radius 2 is 1.79 bits per heavy atom. The van der Waals surface area contributed by atoms with Crippen LogP contribution >= 0.6 is 11.6 Å². The second kappa shape index (κ2) is 8.14. The number of aromatic nitrogens is 2. The highest BCUT2D eigenvalue weighted by atomic mass is 35.5. The van der Waals surface area contributed by atoms with Crippen molar-refractivity contribution in [3.63, 3.8) is 0 Å². The maximum absolute atomic E-state index is 12.2. The molecule has 1 amide bonds. The Hall–Kier alpha value is -3.32. The van der Waals surface area contributed by atoms with Crippen molar-refractivity contribution in [2.24, 2.45) is 0 Å². The van der Waals surface area contributed by atoms with Crippen LogP contribution in [0.4, 0.5) is 11.6 Å². The number of hydrogen-bond donors (Lipinski definition) is 2. The van der Waals surface area contributed by atoms with E-state index in [1.807, 2.05) is 42.5 Å². The number of hydrogen-bond acceptors (Lipinski definition) is 6. The second-order valence-corrected chi connectivity index (χ2v) is 6.56. The van der Waals surface area contributed by atoms with E-state index in [1.165, 1.54) is 12.4 Å². The third-order valence-electron chi connectivity index (χ3n) is 4.16. The normalized spacial score (nSPS) is 11.9. The number of carbonyl (C=O) groups is 1.